The molecule has 3 rings (SSSR count). The molecule has 0 heterocycles. The van der Waals surface area contributed by atoms with E-state index in [1.54, 1.807) is 37.5 Å². The van der Waals surface area contributed by atoms with Gasteiger partial charge in [0.15, 0.2) is 9.84 Å². The molecule has 0 aliphatic rings. The maximum Gasteiger partial charge on any atom is 0.260 e. The Morgan fingerprint density at radius 2 is 1.57 bits per heavy atom. The molecule has 30 heavy (non-hydrogen) atoms. The summed E-state index contributed by atoms with van der Waals surface area (Å²) < 4.78 is 27.2. The van der Waals surface area contributed by atoms with Gasteiger partial charge in [-0.15, -0.1) is 0 Å². The summed E-state index contributed by atoms with van der Waals surface area (Å²) >= 11 is 0. The summed E-state index contributed by atoms with van der Waals surface area (Å²) in [5.41, 5.74) is 2.46. The molecule has 0 aliphatic carbocycles. The average Bonchev–Trinajstić information content (AvgIpc) is 2.76. The van der Waals surface area contributed by atoms with Crippen molar-refractivity contribution < 1.29 is 18.4 Å². The first kappa shape index (κ1) is 22.0. The summed E-state index contributed by atoms with van der Waals surface area (Å²) in [7, 11) is -3.83. The summed E-state index contributed by atoms with van der Waals surface area (Å²) in [6, 6.07) is 20.9. The van der Waals surface area contributed by atoms with E-state index in [0.717, 1.165) is 16.3 Å². The molecule has 2 atom stereocenters. The van der Waals surface area contributed by atoms with Gasteiger partial charge in [0.1, 0.15) is 5.37 Å². The van der Waals surface area contributed by atoms with Crippen molar-refractivity contribution >= 4 is 26.5 Å². The molecular formula is C23H26N2O4S. The first-order valence-corrected chi connectivity index (χ1v) is 11.3. The number of hydroxylamine groups is 1. The molecule has 158 valence electrons. The Balaban J connectivity index is 2.03. The van der Waals surface area contributed by atoms with E-state index in [0.29, 0.717) is 0 Å². The van der Waals surface area contributed by atoms with Crippen LogP contribution in [0.2, 0.25) is 0 Å². The molecule has 0 spiro atoms. The van der Waals surface area contributed by atoms with E-state index >= 15 is 0 Å². The van der Waals surface area contributed by atoms with Gasteiger partial charge < -0.3 is 0 Å². The predicted molar refractivity (Wildman–Crippen MR) is 117 cm³/mol. The SMILES string of the molecule is CC(C)C(NC(Cc1ccccc1)S(=O)(=O)c1ccc2ccccc2c1)C(=O)NO. The molecule has 6 nitrogen and oxygen atoms in total. The van der Waals surface area contributed by atoms with Gasteiger partial charge in [-0.2, -0.15) is 0 Å². The largest absolute Gasteiger partial charge is 0.289 e. The van der Waals surface area contributed by atoms with E-state index < -0.39 is 27.2 Å². The number of hydrogen-bond donors (Lipinski definition) is 3. The second-order valence-electron chi connectivity index (χ2n) is 7.60. The van der Waals surface area contributed by atoms with Gasteiger partial charge in [0, 0.05) is 6.42 Å². The molecule has 0 saturated heterocycles. The van der Waals surface area contributed by atoms with Crippen LogP contribution < -0.4 is 10.8 Å². The Morgan fingerprint density at radius 1 is 0.933 bits per heavy atom. The van der Waals surface area contributed by atoms with E-state index in [1.807, 2.05) is 54.6 Å². The minimum atomic E-state index is -3.83. The van der Waals surface area contributed by atoms with Crippen molar-refractivity contribution in [2.24, 2.45) is 5.92 Å². The highest BCUT2D eigenvalue weighted by Crippen LogP contribution is 2.24. The third-order valence-corrected chi connectivity index (χ3v) is 7.08. The number of amides is 1. The van der Waals surface area contributed by atoms with Crippen LogP contribution in [0.5, 0.6) is 0 Å². The lowest BCUT2D eigenvalue weighted by Crippen LogP contribution is -2.53. The number of fused-ring (bicyclic) bond motifs is 1. The number of carbonyl (C=O) groups excluding carboxylic acids is 1. The first-order chi connectivity index (χ1) is 14.3. The third kappa shape index (κ3) is 4.87. The van der Waals surface area contributed by atoms with Gasteiger partial charge in [-0.25, -0.2) is 13.9 Å². The molecule has 0 bridgehead atoms. The summed E-state index contributed by atoms with van der Waals surface area (Å²) in [5, 5.41) is 12.8. The lowest BCUT2D eigenvalue weighted by atomic mass is 10.0. The zero-order valence-corrected chi connectivity index (χ0v) is 17.8. The van der Waals surface area contributed by atoms with Gasteiger partial charge in [-0.3, -0.25) is 15.3 Å². The molecule has 2 unspecified atom stereocenters. The number of carbonyl (C=O) groups is 1. The summed E-state index contributed by atoms with van der Waals surface area (Å²) in [6.07, 6.45) is 0.179. The number of rotatable bonds is 8. The molecule has 0 saturated carbocycles. The van der Waals surface area contributed by atoms with E-state index in [1.165, 1.54) is 0 Å². The number of benzene rings is 3. The summed E-state index contributed by atoms with van der Waals surface area (Å²) in [6.45, 7) is 3.57. The van der Waals surface area contributed by atoms with Crippen LogP contribution in [0.25, 0.3) is 10.8 Å². The zero-order chi connectivity index (χ0) is 21.7. The van der Waals surface area contributed by atoms with Crippen LogP contribution in [0, 0.1) is 5.92 Å². The molecule has 0 radical (unpaired) electrons. The van der Waals surface area contributed by atoms with Crippen LogP contribution in [0.3, 0.4) is 0 Å². The van der Waals surface area contributed by atoms with Crippen molar-refractivity contribution in [2.45, 2.75) is 36.6 Å². The standard InChI is InChI=1S/C23H26N2O4S/c1-16(2)22(23(26)25-27)24-21(14-17-8-4-3-5-9-17)30(28,29)20-13-12-18-10-6-7-11-19(18)15-20/h3-13,15-16,21-22,24,27H,14H2,1-2H3,(H,25,26). The maximum atomic E-state index is 13.6. The quantitative estimate of drug-likeness (QED) is 0.379. The Hall–Kier alpha value is -2.74. The van der Waals surface area contributed by atoms with Crippen molar-refractivity contribution in [2.75, 3.05) is 0 Å². The molecular weight excluding hydrogens is 400 g/mol. The van der Waals surface area contributed by atoms with Gasteiger partial charge in [0.25, 0.3) is 5.91 Å². The fourth-order valence-electron chi connectivity index (χ4n) is 3.44. The average molecular weight is 427 g/mol. The molecule has 3 N–H and O–H groups in total. The van der Waals surface area contributed by atoms with Crippen molar-refractivity contribution in [3.8, 4) is 0 Å². The topological polar surface area (TPSA) is 95.5 Å². The highest BCUT2D eigenvalue weighted by Gasteiger charge is 2.33. The van der Waals surface area contributed by atoms with Crippen LogP contribution in [0.1, 0.15) is 19.4 Å². The Morgan fingerprint density at radius 3 is 2.20 bits per heavy atom. The fraction of sp³-hybridized carbons (Fsp3) is 0.261. The second-order valence-corrected chi connectivity index (χ2v) is 9.73. The van der Waals surface area contributed by atoms with E-state index in [2.05, 4.69) is 5.32 Å². The predicted octanol–water partition coefficient (Wildman–Crippen LogP) is 3.30. The summed E-state index contributed by atoms with van der Waals surface area (Å²) in [5.74, 6) is -0.904. The zero-order valence-electron chi connectivity index (χ0n) is 16.9. The molecule has 3 aromatic carbocycles. The monoisotopic (exact) mass is 426 g/mol. The van der Waals surface area contributed by atoms with Crippen molar-refractivity contribution in [1.82, 2.24) is 10.8 Å². The summed E-state index contributed by atoms with van der Waals surface area (Å²) in [4.78, 5) is 12.3. The highest BCUT2D eigenvalue weighted by atomic mass is 32.2. The number of nitrogens with one attached hydrogen (secondary N) is 2. The minimum Gasteiger partial charge on any atom is -0.289 e. The van der Waals surface area contributed by atoms with Gasteiger partial charge in [-0.1, -0.05) is 74.5 Å². The van der Waals surface area contributed by atoms with E-state index in [9.17, 15) is 13.2 Å². The van der Waals surface area contributed by atoms with Crippen LogP contribution in [0.15, 0.2) is 77.7 Å². The van der Waals surface area contributed by atoms with Crippen LogP contribution in [-0.2, 0) is 21.1 Å². The molecule has 3 aromatic rings. The third-order valence-electron chi connectivity index (χ3n) is 5.11. The maximum absolute atomic E-state index is 13.6. The molecule has 0 aromatic heterocycles. The van der Waals surface area contributed by atoms with Gasteiger partial charge in [0.05, 0.1) is 10.9 Å². The highest BCUT2D eigenvalue weighted by molar-refractivity contribution is 7.92. The smallest absolute Gasteiger partial charge is 0.260 e. The number of sulfone groups is 1. The van der Waals surface area contributed by atoms with E-state index in [4.69, 9.17) is 5.21 Å². The van der Waals surface area contributed by atoms with Crippen molar-refractivity contribution in [3.63, 3.8) is 0 Å². The lowest BCUT2D eigenvalue weighted by molar-refractivity contribution is -0.132. The van der Waals surface area contributed by atoms with Crippen molar-refractivity contribution in [3.05, 3.63) is 78.4 Å². The first-order valence-electron chi connectivity index (χ1n) is 9.79. The van der Waals surface area contributed by atoms with Crippen LogP contribution in [-0.4, -0.2) is 30.9 Å². The Kier molecular flexibility index (Phi) is 6.87. The molecule has 1 amide bonds. The minimum absolute atomic E-state index is 0.179. The van der Waals surface area contributed by atoms with Crippen LogP contribution >= 0.6 is 0 Å². The lowest BCUT2D eigenvalue weighted by Gasteiger charge is -2.27. The van der Waals surface area contributed by atoms with Gasteiger partial charge in [-0.05, 0) is 34.4 Å². The van der Waals surface area contributed by atoms with Gasteiger partial charge in [0.2, 0.25) is 0 Å². The molecule has 0 fully saturated rings. The Labute approximate surface area is 176 Å². The second kappa shape index (κ2) is 9.38. The Bertz CT molecular complexity index is 1110. The number of hydrogen-bond acceptors (Lipinski definition) is 5. The molecule has 7 heteroatoms. The fourth-order valence-corrected chi connectivity index (χ4v) is 5.05. The molecule has 0 aliphatic heterocycles. The van der Waals surface area contributed by atoms with Crippen LogP contribution in [0.4, 0.5) is 0 Å². The van der Waals surface area contributed by atoms with Gasteiger partial charge >= 0.3 is 0 Å². The van der Waals surface area contributed by atoms with E-state index in [-0.39, 0.29) is 17.2 Å². The normalized spacial score (nSPS) is 13.9. The van der Waals surface area contributed by atoms with Crippen molar-refractivity contribution in [1.29, 1.82) is 0 Å².